The Balaban J connectivity index is 1.38. The maximum Gasteiger partial charge on any atom is 0.309 e. The zero-order chi connectivity index (χ0) is 22.1. The maximum atomic E-state index is 13.0. The van der Waals surface area contributed by atoms with E-state index >= 15 is 0 Å². The summed E-state index contributed by atoms with van der Waals surface area (Å²) in [6.07, 6.45) is 4.28. The molecular weight excluding hydrogens is 403 g/mol. The largest absolute Gasteiger partial charge is 0.481 e. The molecule has 3 aliphatic carbocycles. The van der Waals surface area contributed by atoms with Gasteiger partial charge in [-0.2, -0.15) is 0 Å². The van der Waals surface area contributed by atoms with E-state index in [9.17, 15) is 23.9 Å². The van der Waals surface area contributed by atoms with E-state index < -0.39 is 22.7 Å². The normalized spacial score (nSPS) is 24.4. The van der Waals surface area contributed by atoms with Crippen LogP contribution in [0.5, 0.6) is 0 Å². The Hall–Kier alpha value is -3.36. The fourth-order valence-corrected chi connectivity index (χ4v) is 4.52. The third-order valence-electron chi connectivity index (χ3n) is 6.69. The van der Waals surface area contributed by atoms with Crippen LogP contribution < -0.4 is 10.6 Å². The number of amides is 2. The monoisotopic (exact) mass is 426 g/mol. The Morgan fingerprint density at radius 3 is 2.19 bits per heavy atom. The van der Waals surface area contributed by atoms with Crippen LogP contribution in [0.3, 0.4) is 0 Å². The highest BCUT2D eigenvalue weighted by molar-refractivity contribution is 5.97. The quantitative estimate of drug-likeness (QED) is 0.653. The minimum atomic E-state index is -0.770. The van der Waals surface area contributed by atoms with Crippen LogP contribution in [0.1, 0.15) is 54.6 Å². The summed E-state index contributed by atoms with van der Waals surface area (Å²) in [7, 11) is 0. The van der Waals surface area contributed by atoms with Crippen molar-refractivity contribution in [3.63, 3.8) is 0 Å². The van der Waals surface area contributed by atoms with Crippen molar-refractivity contribution in [2.24, 2.45) is 10.8 Å². The van der Waals surface area contributed by atoms with Gasteiger partial charge in [0.2, 0.25) is 5.91 Å². The van der Waals surface area contributed by atoms with Crippen molar-refractivity contribution in [1.82, 2.24) is 15.3 Å². The van der Waals surface area contributed by atoms with Crippen LogP contribution in [-0.2, 0) is 16.1 Å². The van der Waals surface area contributed by atoms with Crippen LogP contribution in [0, 0.1) is 16.6 Å². The van der Waals surface area contributed by atoms with Gasteiger partial charge < -0.3 is 15.7 Å². The lowest BCUT2D eigenvalue weighted by molar-refractivity contribution is -0.162. The number of fused-ring (bicyclic) bond motifs is 3. The number of carbonyl (C=O) groups is 3. The molecule has 3 aliphatic rings. The number of carbonyl (C=O) groups excluding carboxylic acids is 2. The first-order valence-corrected chi connectivity index (χ1v) is 10.2. The molecule has 0 spiro atoms. The van der Waals surface area contributed by atoms with Crippen molar-refractivity contribution >= 4 is 23.6 Å². The molecule has 9 heteroatoms. The van der Waals surface area contributed by atoms with Gasteiger partial charge in [0.05, 0.1) is 5.41 Å². The van der Waals surface area contributed by atoms with Gasteiger partial charge in [0.1, 0.15) is 23.7 Å². The van der Waals surface area contributed by atoms with E-state index in [0.29, 0.717) is 38.5 Å². The molecule has 0 radical (unpaired) electrons. The maximum absolute atomic E-state index is 13.0. The second-order valence-corrected chi connectivity index (χ2v) is 8.42. The third kappa shape index (κ3) is 4.12. The smallest absolute Gasteiger partial charge is 0.309 e. The number of anilines is 1. The van der Waals surface area contributed by atoms with Gasteiger partial charge in [-0.15, -0.1) is 0 Å². The Bertz CT molecular complexity index is 1000. The van der Waals surface area contributed by atoms with Gasteiger partial charge in [0, 0.05) is 18.0 Å². The van der Waals surface area contributed by atoms with Gasteiger partial charge >= 0.3 is 5.97 Å². The number of halogens is 1. The molecule has 3 saturated carbocycles. The lowest BCUT2D eigenvalue weighted by Crippen LogP contribution is -2.50. The Kier molecular flexibility index (Phi) is 5.43. The fraction of sp³-hybridized carbons (Fsp3) is 0.409. The molecule has 1 heterocycles. The molecule has 2 aromatic rings. The standard InChI is InChI=1S/C22H23FN4O4/c23-15-3-1-14(2-4-15)12-24-18(28)16-11-17(26-13-25-16)27-19(29)21-5-8-22(9-6-21,10-7-21)20(30)31/h1-4,11,13H,5-10,12H2,(H,24,28)(H,30,31)(H,25,26,27,29). The Labute approximate surface area is 178 Å². The summed E-state index contributed by atoms with van der Waals surface area (Å²) in [5.74, 6) is -1.53. The second kappa shape index (κ2) is 8.05. The zero-order valence-electron chi connectivity index (χ0n) is 16.9. The number of aliphatic carboxylic acids is 1. The van der Waals surface area contributed by atoms with Crippen LogP contribution in [-0.4, -0.2) is 32.9 Å². The van der Waals surface area contributed by atoms with Crippen molar-refractivity contribution in [3.05, 3.63) is 53.7 Å². The van der Waals surface area contributed by atoms with Gasteiger partial charge in [-0.3, -0.25) is 14.4 Å². The Morgan fingerprint density at radius 2 is 1.58 bits per heavy atom. The van der Waals surface area contributed by atoms with Crippen LogP contribution >= 0.6 is 0 Å². The van der Waals surface area contributed by atoms with E-state index in [0.717, 1.165) is 5.56 Å². The number of rotatable bonds is 6. The molecular formula is C22H23FN4O4. The number of aromatic nitrogens is 2. The SMILES string of the molecule is O=C(NCc1ccc(F)cc1)c1cc(NC(=O)C23CCC(C(=O)O)(CC2)CC3)ncn1. The lowest BCUT2D eigenvalue weighted by atomic mass is 9.53. The van der Waals surface area contributed by atoms with Crippen LogP contribution in [0.25, 0.3) is 0 Å². The molecule has 0 atom stereocenters. The molecule has 2 bridgehead atoms. The molecule has 0 saturated heterocycles. The van der Waals surface area contributed by atoms with Crippen molar-refractivity contribution in [3.8, 4) is 0 Å². The fourth-order valence-electron chi connectivity index (χ4n) is 4.52. The van der Waals surface area contributed by atoms with Gasteiger partial charge in [-0.1, -0.05) is 12.1 Å². The van der Waals surface area contributed by atoms with Gasteiger partial charge in [0.15, 0.2) is 0 Å². The highest BCUT2D eigenvalue weighted by Crippen LogP contribution is 2.57. The minimum Gasteiger partial charge on any atom is -0.481 e. The molecule has 1 aromatic carbocycles. The lowest BCUT2D eigenvalue weighted by Gasteiger charge is -2.50. The number of benzene rings is 1. The Morgan fingerprint density at radius 1 is 0.968 bits per heavy atom. The van der Waals surface area contributed by atoms with Crippen molar-refractivity contribution < 1.29 is 23.9 Å². The second-order valence-electron chi connectivity index (χ2n) is 8.42. The molecule has 0 unspecified atom stereocenters. The summed E-state index contributed by atoms with van der Waals surface area (Å²) < 4.78 is 13.0. The summed E-state index contributed by atoms with van der Waals surface area (Å²) in [5.41, 5.74) is -0.439. The first-order valence-electron chi connectivity index (χ1n) is 10.2. The zero-order valence-corrected chi connectivity index (χ0v) is 16.9. The summed E-state index contributed by atoms with van der Waals surface area (Å²) in [5, 5.41) is 15.0. The van der Waals surface area contributed by atoms with E-state index in [2.05, 4.69) is 20.6 Å². The summed E-state index contributed by atoms with van der Waals surface area (Å²) in [4.78, 5) is 45.0. The summed E-state index contributed by atoms with van der Waals surface area (Å²) >= 11 is 0. The van der Waals surface area contributed by atoms with Gasteiger partial charge in [0.25, 0.3) is 5.91 Å². The van der Waals surface area contributed by atoms with Crippen molar-refractivity contribution in [1.29, 1.82) is 0 Å². The average Bonchev–Trinajstić information content (AvgIpc) is 2.80. The van der Waals surface area contributed by atoms with Crippen molar-refractivity contribution in [2.75, 3.05) is 5.32 Å². The number of nitrogens with one attached hydrogen (secondary N) is 2. The topological polar surface area (TPSA) is 121 Å². The van der Waals surface area contributed by atoms with Crippen LogP contribution in [0.15, 0.2) is 36.7 Å². The molecule has 162 valence electrons. The van der Waals surface area contributed by atoms with E-state index in [1.165, 1.54) is 24.5 Å². The highest BCUT2D eigenvalue weighted by Gasteiger charge is 2.55. The van der Waals surface area contributed by atoms with Crippen LogP contribution in [0.4, 0.5) is 10.2 Å². The minimum absolute atomic E-state index is 0.0992. The summed E-state index contributed by atoms with van der Waals surface area (Å²) in [6.45, 7) is 0.208. The van der Waals surface area contributed by atoms with Crippen LogP contribution in [0.2, 0.25) is 0 Å². The highest BCUT2D eigenvalue weighted by atomic mass is 19.1. The predicted octanol–water partition coefficient (Wildman–Crippen LogP) is 2.91. The van der Waals surface area contributed by atoms with Crippen molar-refractivity contribution in [2.45, 2.75) is 45.1 Å². The molecule has 2 amide bonds. The number of hydrogen-bond acceptors (Lipinski definition) is 5. The van der Waals surface area contributed by atoms with Gasteiger partial charge in [-0.05, 0) is 56.2 Å². The van der Waals surface area contributed by atoms with E-state index in [4.69, 9.17) is 0 Å². The average molecular weight is 426 g/mol. The molecule has 31 heavy (non-hydrogen) atoms. The summed E-state index contributed by atoms with van der Waals surface area (Å²) in [6, 6.07) is 7.19. The molecule has 0 aliphatic heterocycles. The van der Waals surface area contributed by atoms with E-state index in [1.807, 2.05) is 0 Å². The number of hydrogen-bond donors (Lipinski definition) is 3. The third-order valence-corrected chi connectivity index (χ3v) is 6.69. The van der Waals surface area contributed by atoms with Gasteiger partial charge in [-0.25, -0.2) is 14.4 Å². The predicted molar refractivity (Wildman–Crippen MR) is 108 cm³/mol. The molecule has 3 fully saturated rings. The number of carboxylic acids is 1. The first kappa shape index (κ1) is 20.9. The van der Waals surface area contributed by atoms with E-state index in [-0.39, 0.29) is 29.8 Å². The molecule has 8 nitrogen and oxygen atoms in total. The molecule has 1 aromatic heterocycles. The van der Waals surface area contributed by atoms with E-state index in [1.54, 1.807) is 12.1 Å². The number of nitrogens with zero attached hydrogens (tertiary/aromatic N) is 2. The first-order chi connectivity index (χ1) is 14.8. The molecule has 3 N–H and O–H groups in total. The molecule has 5 rings (SSSR count). The number of carboxylic acid groups (broad SMARTS) is 1.